The number of aliphatic hydroxyl groups is 1. The molecule has 3 saturated heterocycles. The summed E-state index contributed by atoms with van der Waals surface area (Å²) in [6.45, 7) is 2.28. The molecule has 3 fully saturated rings. The van der Waals surface area contributed by atoms with Gasteiger partial charge in [0.1, 0.15) is 0 Å². The molecule has 86 valence electrons. The van der Waals surface area contributed by atoms with Gasteiger partial charge >= 0.3 is 0 Å². The van der Waals surface area contributed by atoms with Gasteiger partial charge < -0.3 is 15.7 Å². The van der Waals surface area contributed by atoms with Crippen LogP contribution in [0.1, 0.15) is 32.1 Å². The Labute approximate surface area is 91.6 Å². The molecule has 3 rings (SSSR count). The zero-order valence-corrected chi connectivity index (χ0v) is 9.28. The number of rotatable bonds is 1. The summed E-state index contributed by atoms with van der Waals surface area (Å²) in [5, 5.41) is 17.4. The van der Waals surface area contributed by atoms with Crippen LogP contribution in [0.2, 0.25) is 0 Å². The number of aliphatic hydroxyl groups excluding tert-OH is 1. The molecule has 3 nitrogen and oxygen atoms in total. The first kappa shape index (κ1) is 10.1. The van der Waals surface area contributed by atoms with Gasteiger partial charge in [0.2, 0.25) is 0 Å². The quantitative estimate of drug-likeness (QED) is 0.590. The van der Waals surface area contributed by atoms with Gasteiger partial charge in [-0.15, -0.1) is 0 Å². The predicted molar refractivity (Wildman–Crippen MR) is 59.7 cm³/mol. The van der Waals surface area contributed by atoms with Crippen molar-refractivity contribution in [2.45, 2.75) is 50.3 Å². The molecule has 0 amide bonds. The normalized spacial score (nSPS) is 50.6. The highest BCUT2D eigenvalue weighted by Gasteiger charge is 2.44. The first-order chi connectivity index (χ1) is 7.34. The van der Waals surface area contributed by atoms with E-state index < -0.39 is 0 Å². The largest absolute Gasteiger partial charge is 0.393 e. The summed E-state index contributed by atoms with van der Waals surface area (Å²) in [7, 11) is 0. The highest BCUT2D eigenvalue weighted by atomic mass is 16.3. The van der Waals surface area contributed by atoms with E-state index in [0.29, 0.717) is 23.9 Å². The molecular weight excluding hydrogens is 188 g/mol. The first-order valence-electron chi connectivity index (χ1n) is 6.49. The minimum atomic E-state index is -0.0475. The van der Waals surface area contributed by atoms with Gasteiger partial charge in [-0.1, -0.05) is 0 Å². The Morgan fingerprint density at radius 2 is 2.07 bits per heavy atom. The fourth-order valence-corrected chi connectivity index (χ4v) is 3.91. The maximum Gasteiger partial charge on any atom is 0.0601 e. The molecule has 5 atom stereocenters. The molecule has 0 aromatic carbocycles. The standard InChI is InChI=1S/C12H22N2O/c15-11-6-9-3-4-10(14-9)12(11)8-2-1-5-13-7-8/h8-15H,1-7H2. The molecule has 15 heavy (non-hydrogen) atoms. The first-order valence-corrected chi connectivity index (χ1v) is 6.49. The third-order valence-electron chi connectivity index (χ3n) is 4.59. The van der Waals surface area contributed by atoms with E-state index >= 15 is 0 Å². The number of hydrogen-bond acceptors (Lipinski definition) is 3. The zero-order valence-electron chi connectivity index (χ0n) is 9.28. The number of nitrogens with one attached hydrogen (secondary N) is 2. The predicted octanol–water partition coefficient (Wildman–Crippen LogP) is 0.487. The minimum Gasteiger partial charge on any atom is -0.393 e. The molecular formula is C12H22N2O. The fourth-order valence-electron chi connectivity index (χ4n) is 3.91. The van der Waals surface area contributed by atoms with Crippen molar-refractivity contribution in [2.75, 3.05) is 13.1 Å². The van der Waals surface area contributed by atoms with Crippen molar-refractivity contribution in [3.8, 4) is 0 Å². The van der Waals surface area contributed by atoms with E-state index in [1.807, 2.05) is 0 Å². The highest BCUT2D eigenvalue weighted by molar-refractivity contribution is 5.00. The maximum atomic E-state index is 10.2. The number of hydrogen-bond donors (Lipinski definition) is 3. The lowest BCUT2D eigenvalue weighted by Gasteiger charge is -2.41. The Bertz CT molecular complexity index is 228. The molecule has 0 spiro atoms. The lowest BCUT2D eigenvalue weighted by molar-refractivity contribution is 0.0132. The molecule has 2 bridgehead atoms. The molecule has 0 aromatic rings. The van der Waals surface area contributed by atoms with Crippen LogP contribution in [0.3, 0.4) is 0 Å². The van der Waals surface area contributed by atoms with Crippen LogP contribution >= 0.6 is 0 Å². The molecule has 3 aliphatic heterocycles. The number of fused-ring (bicyclic) bond motifs is 2. The maximum absolute atomic E-state index is 10.2. The summed E-state index contributed by atoms with van der Waals surface area (Å²) < 4.78 is 0. The summed E-state index contributed by atoms with van der Waals surface area (Å²) in [6, 6.07) is 1.21. The second kappa shape index (κ2) is 4.04. The SMILES string of the molecule is OC1CC2CCC(N2)C1C1CCCNC1. The Hall–Kier alpha value is -0.120. The molecule has 0 saturated carbocycles. The van der Waals surface area contributed by atoms with Crippen LogP contribution in [0.4, 0.5) is 0 Å². The molecule has 0 radical (unpaired) electrons. The monoisotopic (exact) mass is 210 g/mol. The third kappa shape index (κ3) is 1.81. The van der Waals surface area contributed by atoms with E-state index in [1.165, 1.54) is 32.2 Å². The van der Waals surface area contributed by atoms with Gasteiger partial charge in [0.25, 0.3) is 0 Å². The molecule has 3 heterocycles. The van der Waals surface area contributed by atoms with Gasteiger partial charge in [0.15, 0.2) is 0 Å². The van der Waals surface area contributed by atoms with Crippen molar-refractivity contribution in [1.82, 2.24) is 10.6 Å². The molecule has 0 aromatic heterocycles. The van der Waals surface area contributed by atoms with E-state index in [2.05, 4.69) is 10.6 Å². The van der Waals surface area contributed by atoms with Crippen molar-refractivity contribution in [2.24, 2.45) is 11.8 Å². The van der Waals surface area contributed by atoms with E-state index in [0.717, 1.165) is 13.0 Å². The summed E-state index contributed by atoms with van der Waals surface area (Å²) in [5.74, 6) is 1.21. The van der Waals surface area contributed by atoms with Crippen LogP contribution in [-0.4, -0.2) is 36.4 Å². The smallest absolute Gasteiger partial charge is 0.0601 e. The second-order valence-corrected chi connectivity index (χ2v) is 5.53. The molecule has 0 aliphatic carbocycles. The lowest BCUT2D eigenvalue weighted by atomic mass is 9.76. The van der Waals surface area contributed by atoms with Crippen LogP contribution < -0.4 is 10.6 Å². The van der Waals surface area contributed by atoms with Gasteiger partial charge in [0, 0.05) is 18.0 Å². The average molecular weight is 210 g/mol. The van der Waals surface area contributed by atoms with Crippen molar-refractivity contribution in [1.29, 1.82) is 0 Å². The van der Waals surface area contributed by atoms with Crippen molar-refractivity contribution in [3.63, 3.8) is 0 Å². The van der Waals surface area contributed by atoms with Crippen LogP contribution in [0, 0.1) is 11.8 Å². The van der Waals surface area contributed by atoms with E-state index in [-0.39, 0.29) is 6.10 Å². The van der Waals surface area contributed by atoms with Crippen LogP contribution in [0.15, 0.2) is 0 Å². The zero-order chi connectivity index (χ0) is 10.3. The van der Waals surface area contributed by atoms with Crippen molar-refractivity contribution >= 4 is 0 Å². The topological polar surface area (TPSA) is 44.3 Å². The third-order valence-corrected chi connectivity index (χ3v) is 4.59. The van der Waals surface area contributed by atoms with E-state index in [4.69, 9.17) is 0 Å². The Kier molecular flexibility index (Phi) is 2.71. The van der Waals surface area contributed by atoms with Gasteiger partial charge in [-0.3, -0.25) is 0 Å². The van der Waals surface area contributed by atoms with E-state index in [1.54, 1.807) is 0 Å². The summed E-state index contributed by atoms with van der Waals surface area (Å²) >= 11 is 0. The van der Waals surface area contributed by atoms with Gasteiger partial charge in [-0.05, 0) is 51.1 Å². The molecule has 5 unspecified atom stereocenters. The highest BCUT2D eigenvalue weighted by Crippen LogP contribution is 2.37. The molecule has 3 heteroatoms. The second-order valence-electron chi connectivity index (χ2n) is 5.53. The molecule has 3 N–H and O–H groups in total. The summed E-state index contributed by atoms with van der Waals surface area (Å²) in [4.78, 5) is 0. The molecule has 3 aliphatic rings. The Balaban J connectivity index is 1.71. The number of piperidine rings is 2. The van der Waals surface area contributed by atoms with Crippen LogP contribution in [0.25, 0.3) is 0 Å². The lowest BCUT2D eigenvalue weighted by Crippen LogP contribution is -2.53. The summed E-state index contributed by atoms with van der Waals surface area (Å²) in [6.07, 6.45) is 6.08. The fraction of sp³-hybridized carbons (Fsp3) is 1.00. The van der Waals surface area contributed by atoms with Gasteiger partial charge in [-0.25, -0.2) is 0 Å². The van der Waals surface area contributed by atoms with Gasteiger partial charge in [-0.2, -0.15) is 0 Å². The summed E-state index contributed by atoms with van der Waals surface area (Å²) in [5.41, 5.74) is 0. The van der Waals surface area contributed by atoms with Gasteiger partial charge in [0.05, 0.1) is 6.10 Å². The Morgan fingerprint density at radius 1 is 1.13 bits per heavy atom. The minimum absolute atomic E-state index is 0.0475. The van der Waals surface area contributed by atoms with Crippen molar-refractivity contribution in [3.05, 3.63) is 0 Å². The average Bonchev–Trinajstić information content (AvgIpc) is 2.62. The van der Waals surface area contributed by atoms with E-state index in [9.17, 15) is 5.11 Å². The van der Waals surface area contributed by atoms with Crippen LogP contribution in [-0.2, 0) is 0 Å². The Morgan fingerprint density at radius 3 is 2.87 bits per heavy atom. The van der Waals surface area contributed by atoms with Crippen LogP contribution in [0.5, 0.6) is 0 Å². The van der Waals surface area contributed by atoms with Crippen molar-refractivity contribution < 1.29 is 5.11 Å².